The molecule has 0 N–H and O–H groups in total. The molecule has 0 fully saturated rings. The van der Waals surface area contributed by atoms with Gasteiger partial charge in [0, 0.05) is 0 Å². The summed E-state index contributed by atoms with van der Waals surface area (Å²) >= 11 is 10.7. The van der Waals surface area contributed by atoms with Crippen LogP contribution in [0.4, 0.5) is 8.78 Å². The van der Waals surface area contributed by atoms with Crippen LogP contribution in [0.2, 0.25) is 10.4 Å². The van der Waals surface area contributed by atoms with Gasteiger partial charge >= 0.3 is 5.35 Å². The molecular formula is C8H2Cl2F2N2O. The lowest BCUT2D eigenvalue weighted by Crippen LogP contribution is -1.88. The largest absolute Gasteiger partial charge is 0.407 e. The third-order valence-electron chi connectivity index (χ3n) is 1.64. The quantitative estimate of drug-likeness (QED) is 0.729. The fourth-order valence-corrected chi connectivity index (χ4v) is 1.26. The van der Waals surface area contributed by atoms with Crippen molar-refractivity contribution in [3.63, 3.8) is 0 Å². The highest BCUT2D eigenvalue weighted by Gasteiger charge is 2.15. The molecule has 78 valence electrons. The number of hydrogen-bond acceptors (Lipinski definition) is 3. The first-order valence-corrected chi connectivity index (χ1v) is 4.47. The highest BCUT2D eigenvalue weighted by molar-refractivity contribution is 6.30. The first-order chi connectivity index (χ1) is 7.08. The summed E-state index contributed by atoms with van der Waals surface area (Å²) in [6.45, 7) is 0. The normalized spacial score (nSPS) is 10.7. The summed E-state index contributed by atoms with van der Waals surface area (Å²) in [5.74, 6) is -1.74. The molecule has 0 atom stereocenters. The fraction of sp³-hybridized carbons (Fsp3) is 0. The van der Waals surface area contributed by atoms with E-state index in [1.165, 1.54) is 0 Å². The van der Waals surface area contributed by atoms with Crippen molar-refractivity contribution < 1.29 is 13.2 Å². The topological polar surface area (TPSA) is 38.9 Å². The van der Waals surface area contributed by atoms with E-state index in [0.717, 1.165) is 12.1 Å². The molecule has 0 bridgehead atoms. The molecule has 2 aromatic rings. The Morgan fingerprint density at radius 3 is 2.40 bits per heavy atom. The lowest BCUT2D eigenvalue weighted by molar-refractivity contribution is 0.555. The summed E-state index contributed by atoms with van der Waals surface area (Å²) in [6.07, 6.45) is 0. The van der Waals surface area contributed by atoms with Gasteiger partial charge < -0.3 is 4.42 Å². The van der Waals surface area contributed by atoms with Gasteiger partial charge in [-0.05, 0) is 23.7 Å². The van der Waals surface area contributed by atoms with Crippen LogP contribution >= 0.6 is 23.2 Å². The molecule has 7 heteroatoms. The summed E-state index contributed by atoms with van der Waals surface area (Å²) in [7, 11) is 0. The monoisotopic (exact) mass is 250 g/mol. The van der Waals surface area contributed by atoms with Crippen LogP contribution in [0, 0.1) is 11.6 Å². The Morgan fingerprint density at radius 2 is 1.80 bits per heavy atom. The van der Waals surface area contributed by atoms with Gasteiger partial charge in [0.2, 0.25) is 0 Å². The van der Waals surface area contributed by atoms with Crippen LogP contribution in [0.1, 0.15) is 0 Å². The van der Waals surface area contributed by atoms with E-state index in [0.29, 0.717) is 0 Å². The van der Waals surface area contributed by atoms with E-state index in [4.69, 9.17) is 27.6 Å². The third-order valence-corrected chi connectivity index (χ3v) is 2.08. The van der Waals surface area contributed by atoms with Gasteiger partial charge in [-0.15, -0.1) is 5.10 Å². The molecule has 3 nitrogen and oxygen atoms in total. The summed E-state index contributed by atoms with van der Waals surface area (Å²) in [5, 5.41) is 6.16. The van der Waals surface area contributed by atoms with E-state index in [1.54, 1.807) is 0 Å². The molecule has 0 amide bonds. The lowest BCUT2D eigenvalue weighted by Gasteiger charge is -1.99. The average molecular weight is 251 g/mol. The van der Waals surface area contributed by atoms with E-state index in [2.05, 4.69) is 10.2 Å². The smallest absolute Gasteiger partial charge is 0.313 e. The van der Waals surface area contributed by atoms with Crippen LogP contribution in [0.15, 0.2) is 16.5 Å². The molecule has 0 saturated heterocycles. The zero-order chi connectivity index (χ0) is 11.0. The Kier molecular flexibility index (Phi) is 2.58. The predicted octanol–water partition coefficient (Wildman–Crippen LogP) is 3.32. The Balaban J connectivity index is 2.58. The first kappa shape index (κ1) is 10.3. The molecule has 2 rings (SSSR count). The summed E-state index contributed by atoms with van der Waals surface area (Å²) in [6, 6.07) is 1.69. The standard InChI is InChI=1S/C8H2Cl2F2N2O/c9-4-2-5(11)3(1-6(4)12)7-13-14-8(10)15-7/h1-2H. The van der Waals surface area contributed by atoms with Crippen LogP contribution < -0.4 is 0 Å². The second kappa shape index (κ2) is 3.75. The average Bonchev–Trinajstić information content (AvgIpc) is 2.58. The van der Waals surface area contributed by atoms with Gasteiger partial charge in [-0.1, -0.05) is 16.7 Å². The van der Waals surface area contributed by atoms with Gasteiger partial charge in [-0.3, -0.25) is 0 Å². The molecule has 0 radical (unpaired) electrons. The van der Waals surface area contributed by atoms with Crippen molar-refractivity contribution in [3.8, 4) is 11.5 Å². The number of rotatable bonds is 1. The lowest BCUT2D eigenvalue weighted by atomic mass is 10.2. The van der Waals surface area contributed by atoms with Crippen molar-refractivity contribution in [2.24, 2.45) is 0 Å². The van der Waals surface area contributed by atoms with Crippen LogP contribution in [0.5, 0.6) is 0 Å². The summed E-state index contributed by atoms with van der Waals surface area (Å²) < 4.78 is 31.1. The highest BCUT2D eigenvalue weighted by atomic mass is 35.5. The van der Waals surface area contributed by atoms with Crippen LogP contribution in [0.3, 0.4) is 0 Å². The van der Waals surface area contributed by atoms with E-state index in [1.807, 2.05) is 0 Å². The SMILES string of the molecule is Fc1cc(-c2nnc(Cl)o2)c(F)cc1Cl. The van der Waals surface area contributed by atoms with E-state index < -0.39 is 11.6 Å². The van der Waals surface area contributed by atoms with Crippen molar-refractivity contribution in [2.45, 2.75) is 0 Å². The van der Waals surface area contributed by atoms with Crippen LogP contribution in [-0.2, 0) is 0 Å². The molecule has 0 spiro atoms. The van der Waals surface area contributed by atoms with Gasteiger partial charge in [0.05, 0.1) is 10.6 Å². The molecular weight excluding hydrogens is 249 g/mol. The van der Waals surface area contributed by atoms with Gasteiger partial charge in [0.15, 0.2) is 0 Å². The maximum atomic E-state index is 13.3. The first-order valence-electron chi connectivity index (χ1n) is 3.72. The summed E-state index contributed by atoms with van der Waals surface area (Å²) in [4.78, 5) is 0. The zero-order valence-electron chi connectivity index (χ0n) is 6.97. The van der Waals surface area contributed by atoms with E-state index >= 15 is 0 Å². The molecule has 0 aliphatic rings. The maximum absolute atomic E-state index is 13.3. The number of aromatic nitrogens is 2. The van der Waals surface area contributed by atoms with Gasteiger partial charge in [0.1, 0.15) is 11.6 Å². The van der Waals surface area contributed by atoms with E-state index in [-0.39, 0.29) is 21.8 Å². The Morgan fingerprint density at radius 1 is 1.07 bits per heavy atom. The Hall–Kier alpha value is -1.20. The minimum absolute atomic E-state index is 0.184. The van der Waals surface area contributed by atoms with Crippen molar-refractivity contribution in [1.82, 2.24) is 10.2 Å². The van der Waals surface area contributed by atoms with Crippen LogP contribution in [0.25, 0.3) is 11.5 Å². The minimum atomic E-state index is -0.776. The molecule has 15 heavy (non-hydrogen) atoms. The fourth-order valence-electron chi connectivity index (χ4n) is 1.00. The predicted molar refractivity (Wildman–Crippen MR) is 49.7 cm³/mol. The number of halogens is 4. The van der Waals surface area contributed by atoms with Crippen molar-refractivity contribution in [1.29, 1.82) is 0 Å². The molecule has 0 aliphatic carbocycles. The third kappa shape index (κ3) is 1.93. The van der Waals surface area contributed by atoms with E-state index in [9.17, 15) is 8.78 Å². The number of nitrogens with zero attached hydrogens (tertiary/aromatic N) is 2. The Bertz CT molecular complexity index is 515. The Labute approximate surface area is 92.6 Å². The zero-order valence-corrected chi connectivity index (χ0v) is 8.48. The van der Waals surface area contributed by atoms with Crippen molar-refractivity contribution in [2.75, 3.05) is 0 Å². The van der Waals surface area contributed by atoms with Gasteiger partial charge in [0.25, 0.3) is 5.89 Å². The maximum Gasteiger partial charge on any atom is 0.313 e. The number of hydrogen-bond donors (Lipinski definition) is 0. The molecule has 1 aromatic heterocycles. The van der Waals surface area contributed by atoms with Crippen LogP contribution in [-0.4, -0.2) is 10.2 Å². The highest BCUT2D eigenvalue weighted by Crippen LogP contribution is 2.27. The molecule has 1 aromatic carbocycles. The summed E-state index contributed by atoms with van der Waals surface area (Å²) in [5.41, 5.74) is -0.184. The van der Waals surface area contributed by atoms with Gasteiger partial charge in [-0.25, -0.2) is 8.78 Å². The van der Waals surface area contributed by atoms with Crippen molar-refractivity contribution in [3.05, 3.63) is 34.1 Å². The molecule has 0 unspecified atom stereocenters. The van der Waals surface area contributed by atoms with Crippen molar-refractivity contribution >= 4 is 23.2 Å². The van der Waals surface area contributed by atoms with Gasteiger partial charge in [-0.2, -0.15) is 0 Å². The number of benzene rings is 1. The minimum Gasteiger partial charge on any atom is -0.407 e. The molecule has 0 aliphatic heterocycles. The molecule has 0 saturated carbocycles. The second-order valence-corrected chi connectivity index (χ2v) is 3.34. The molecule has 1 heterocycles. The second-order valence-electron chi connectivity index (χ2n) is 2.61.